The Morgan fingerprint density at radius 3 is 2.66 bits per heavy atom. The number of carbonyl (C=O) groups is 1. The van der Waals surface area contributed by atoms with Crippen LogP contribution in [-0.4, -0.2) is 28.2 Å². The molecule has 0 N–H and O–H groups in total. The van der Waals surface area contributed by atoms with E-state index in [4.69, 9.17) is 14.2 Å². The summed E-state index contributed by atoms with van der Waals surface area (Å²) >= 11 is 0. The highest BCUT2D eigenvalue weighted by molar-refractivity contribution is 5.69. The molecule has 0 unspecified atom stereocenters. The summed E-state index contributed by atoms with van der Waals surface area (Å²) in [5, 5.41) is 4.27. The van der Waals surface area contributed by atoms with E-state index in [0.29, 0.717) is 23.6 Å². The smallest absolute Gasteiger partial charge is 0.305 e. The summed E-state index contributed by atoms with van der Waals surface area (Å²) < 4.78 is 10.4. The molecule has 1 aliphatic carbocycles. The third-order valence-electron chi connectivity index (χ3n) is 6.51. The van der Waals surface area contributed by atoms with Crippen molar-refractivity contribution in [2.24, 2.45) is 5.41 Å². The van der Waals surface area contributed by atoms with Gasteiger partial charge >= 0.3 is 5.97 Å². The lowest BCUT2D eigenvalue weighted by Gasteiger charge is -2.31. The Morgan fingerprint density at radius 1 is 1.19 bits per heavy atom. The highest BCUT2D eigenvalue weighted by Gasteiger charge is 2.28. The van der Waals surface area contributed by atoms with Gasteiger partial charge in [-0.05, 0) is 91.3 Å². The fourth-order valence-corrected chi connectivity index (χ4v) is 4.71. The van der Waals surface area contributed by atoms with Crippen LogP contribution < -0.4 is 0 Å². The Bertz CT molecular complexity index is 1120. The van der Waals surface area contributed by atoms with Crippen molar-refractivity contribution in [1.29, 1.82) is 0 Å². The van der Waals surface area contributed by atoms with Gasteiger partial charge in [-0.15, -0.1) is 0 Å². The zero-order valence-corrected chi connectivity index (χ0v) is 19.6. The predicted molar refractivity (Wildman–Crippen MR) is 123 cm³/mol. The second kappa shape index (κ2) is 8.85. The Labute approximate surface area is 189 Å². The number of ether oxygens (including phenoxy) is 1. The van der Waals surface area contributed by atoms with Crippen molar-refractivity contribution in [2.45, 2.75) is 66.2 Å². The monoisotopic (exact) mass is 433 g/mol. The van der Waals surface area contributed by atoms with Gasteiger partial charge in [-0.1, -0.05) is 19.0 Å². The van der Waals surface area contributed by atoms with Gasteiger partial charge in [0, 0.05) is 24.4 Å². The van der Waals surface area contributed by atoms with E-state index in [1.807, 2.05) is 12.4 Å². The van der Waals surface area contributed by atoms with E-state index in [1.54, 1.807) is 0 Å². The fourth-order valence-electron chi connectivity index (χ4n) is 4.71. The first kappa shape index (κ1) is 22.2. The first-order valence-corrected chi connectivity index (χ1v) is 11.2. The van der Waals surface area contributed by atoms with Crippen molar-refractivity contribution >= 4 is 5.97 Å². The van der Waals surface area contributed by atoms with Crippen LogP contribution in [0.3, 0.4) is 0 Å². The van der Waals surface area contributed by atoms with Gasteiger partial charge in [0.2, 0.25) is 5.82 Å². The number of hydrogen-bond donors (Lipinski definition) is 0. The molecule has 32 heavy (non-hydrogen) atoms. The lowest BCUT2D eigenvalue weighted by molar-refractivity contribution is -0.140. The molecule has 0 spiro atoms. The van der Waals surface area contributed by atoms with Crippen LogP contribution in [0.15, 0.2) is 29.0 Å². The van der Waals surface area contributed by atoms with E-state index in [-0.39, 0.29) is 5.97 Å². The summed E-state index contributed by atoms with van der Waals surface area (Å²) in [7, 11) is 1.43. The fraction of sp³-hybridized carbons (Fsp3) is 0.462. The summed E-state index contributed by atoms with van der Waals surface area (Å²) in [6, 6.07) is 4.19. The molecule has 2 heterocycles. The second-order valence-electron chi connectivity index (χ2n) is 9.61. The van der Waals surface area contributed by atoms with Gasteiger partial charge in [0.1, 0.15) is 0 Å². The molecule has 0 fully saturated rings. The zero-order chi connectivity index (χ0) is 22.9. The SMILES string of the molecule is COC(=O)CCCc1c(C)cc(-c2noc(-c3cncc4c3CCC(C)(C)C4)n2)cc1C. The number of fused-ring (bicyclic) bond motifs is 1. The first-order valence-electron chi connectivity index (χ1n) is 11.2. The molecule has 3 aromatic rings. The average molecular weight is 434 g/mol. The van der Waals surface area contributed by atoms with Crippen LogP contribution in [0.1, 0.15) is 60.9 Å². The number of pyridine rings is 1. The van der Waals surface area contributed by atoms with Crippen molar-refractivity contribution in [2.75, 3.05) is 7.11 Å². The summed E-state index contributed by atoms with van der Waals surface area (Å²) in [5.41, 5.74) is 8.32. The number of hydrogen-bond acceptors (Lipinski definition) is 6. The zero-order valence-electron chi connectivity index (χ0n) is 19.6. The molecule has 2 aromatic heterocycles. The largest absolute Gasteiger partial charge is 0.469 e. The molecule has 6 nitrogen and oxygen atoms in total. The standard InChI is InChI=1S/C26H31N3O3/c1-16-11-18(12-17(2)20(16)7-6-8-23(30)31-5)24-28-25(32-29-24)22-15-27-14-19-13-26(3,4)10-9-21(19)22/h11-12,14-15H,6-10,13H2,1-5H3. The Morgan fingerprint density at radius 2 is 1.94 bits per heavy atom. The van der Waals surface area contributed by atoms with Gasteiger partial charge < -0.3 is 9.26 Å². The molecule has 0 bridgehead atoms. The van der Waals surface area contributed by atoms with E-state index in [1.165, 1.54) is 23.8 Å². The third-order valence-corrected chi connectivity index (χ3v) is 6.51. The van der Waals surface area contributed by atoms with Crippen LogP contribution >= 0.6 is 0 Å². The van der Waals surface area contributed by atoms with Crippen LogP contribution in [0.25, 0.3) is 22.8 Å². The third kappa shape index (κ3) is 4.59. The minimum atomic E-state index is -0.169. The molecular formula is C26H31N3O3. The van der Waals surface area contributed by atoms with Crippen LogP contribution in [-0.2, 0) is 28.8 Å². The number of aromatic nitrogens is 3. The molecule has 0 aliphatic heterocycles. The maximum Gasteiger partial charge on any atom is 0.305 e. The van der Waals surface area contributed by atoms with Crippen molar-refractivity contribution in [1.82, 2.24) is 15.1 Å². The Balaban J connectivity index is 1.58. The van der Waals surface area contributed by atoms with Crippen molar-refractivity contribution in [3.63, 3.8) is 0 Å². The normalized spacial score (nSPS) is 14.8. The van der Waals surface area contributed by atoms with E-state index in [2.05, 4.69) is 50.0 Å². The minimum Gasteiger partial charge on any atom is -0.469 e. The van der Waals surface area contributed by atoms with Crippen LogP contribution in [0.4, 0.5) is 0 Å². The molecule has 6 heteroatoms. The molecule has 0 radical (unpaired) electrons. The summed E-state index contributed by atoms with van der Waals surface area (Å²) in [5.74, 6) is 0.944. The summed E-state index contributed by atoms with van der Waals surface area (Å²) in [4.78, 5) is 20.6. The van der Waals surface area contributed by atoms with E-state index in [0.717, 1.165) is 54.4 Å². The highest BCUT2D eigenvalue weighted by Crippen LogP contribution is 2.38. The van der Waals surface area contributed by atoms with E-state index in [9.17, 15) is 4.79 Å². The van der Waals surface area contributed by atoms with Crippen LogP contribution in [0.2, 0.25) is 0 Å². The second-order valence-corrected chi connectivity index (χ2v) is 9.61. The number of esters is 1. The topological polar surface area (TPSA) is 78.1 Å². The molecule has 1 aromatic carbocycles. The minimum absolute atomic E-state index is 0.169. The van der Waals surface area contributed by atoms with Gasteiger partial charge in [-0.2, -0.15) is 4.98 Å². The van der Waals surface area contributed by atoms with E-state index < -0.39 is 0 Å². The van der Waals surface area contributed by atoms with Gasteiger partial charge in [0.05, 0.1) is 12.7 Å². The maximum atomic E-state index is 11.4. The Hall–Kier alpha value is -3.02. The molecule has 0 saturated carbocycles. The van der Waals surface area contributed by atoms with Gasteiger partial charge in [0.25, 0.3) is 5.89 Å². The molecule has 0 amide bonds. The predicted octanol–water partition coefficient (Wildman–Crippen LogP) is 5.43. The quantitative estimate of drug-likeness (QED) is 0.483. The van der Waals surface area contributed by atoms with Crippen LogP contribution in [0.5, 0.6) is 0 Å². The van der Waals surface area contributed by atoms with Crippen molar-refractivity contribution in [3.8, 4) is 22.8 Å². The number of benzene rings is 1. The van der Waals surface area contributed by atoms with Crippen LogP contribution in [0, 0.1) is 19.3 Å². The molecule has 0 saturated heterocycles. The van der Waals surface area contributed by atoms with Crippen molar-refractivity contribution in [3.05, 3.63) is 52.3 Å². The van der Waals surface area contributed by atoms with Gasteiger partial charge in [-0.3, -0.25) is 9.78 Å². The lowest BCUT2D eigenvalue weighted by atomic mass is 9.74. The first-order chi connectivity index (χ1) is 15.3. The number of carbonyl (C=O) groups excluding carboxylic acids is 1. The Kier molecular flexibility index (Phi) is 6.13. The number of methoxy groups -OCH3 is 1. The average Bonchev–Trinajstić information content (AvgIpc) is 3.24. The molecule has 0 atom stereocenters. The molecule has 168 valence electrons. The molecule has 1 aliphatic rings. The molecule has 4 rings (SSSR count). The highest BCUT2D eigenvalue weighted by atomic mass is 16.5. The van der Waals surface area contributed by atoms with Gasteiger partial charge in [-0.25, -0.2) is 0 Å². The lowest BCUT2D eigenvalue weighted by Crippen LogP contribution is -2.22. The number of nitrogens with zero attached hydrogens (tertiary/aromatic N) is 3. The molecular weight excluding hydrogens is 402 g/mol. The maximum absolute atomic E-state index is 11.4. The number of aryl methyl sites for hydroxylation is 2. The summed E-state index contributed by atoms with van der Waals surface area (Å²) in [6.45, 7) is 8.78. The summed E-state index contributed by atoms with van der Waals surface area (Å²) in [6.07, 6.45) is 8.99. The van der Waals surface area contributed by atoms with Crippen molar-refractivity contribution < 1.29 is 14.1 Å². The van der Waals surface area contributed by atoms with E-state index >= 15 is 0 Å². The van der Waals surface area contributed by atoms with Gasteiger partial charge in [0.15, 0.2) is 0 Å². The number of rotatable bonds is 6.